The van der Waals surface area contributed by atoms with Crippen LogP contribution in [0.5, 0.6) is 11.6 Å². The molecule has 4 heterocycles. The number of amides is 4. The molecule has 2 unspecified atom stereocenters. The molecule has 1 aromatic carbocycles. The van der Waals surface area contributed by atoms with Gasteiger partial charge in [-0.1, -0.05) is 12.2 Å². The molecule has 4 amide bonds. The van der Waals surface area contributed by atoms with Crippen molar-refractivity contribution in [2.45, 2.75) is 93.9 Å². The summed E-state index contributed by atoms with van der Waals surface area (Å²) in [5.74, 6) is -1.30. The van der Waals surface area contributed by atoms with E-state index in [1.807, 2.05) is 18.2 Å². The molecule has 2 aliphatic carbocycles. The summed E-state index contributed by atoms with van der Waals surface area (Å²) in [7, 11) is -2.36. The second-order valence-electron chi connectivity index (χ2n) is 15.6. The van der Waals surface area contributed by atoms with Crippen LogP contribution in [0.4, 0.5) is 4.79 Å². The zero-order valence-corrected chi connectivity index (χ0v) is 32.5. The van der Waals surface area contributed by atoms with E-state index in [2.05, 4.69) is 20.5 Å². The molecule has 17 nitrogen and oxygen atoms in total. The molecule has 18 heteroatoms. The van der Waals surface area contributed by atoms with Crippen LogP contribution < -0.4 is 24.8 Å². The predicted octanol–water partition coefficient (Wildman–Crippen LogP) is 2.52. The van der Waals surface area contributed by atoms with E-state index in [-0.39, 0.29) is 44.9 Å². The fourth-order valence-electron chi connectivity index (χ4n) is 7.05. The largest absolute Gasteiger partial charge is 0.497 e. The highest BCUT2D eigenvalue weighted by Gasteiger charge is 2.62. The summed E-state index contributed by atoms with van der Waals surface area (Å²) in [6.07, 6.45) is 6.93. The van der Waals surface area contributed by atoms with Gasteiger partial charge in [-0.2, -0.15) is 10.1 Å². The molecule has 3 N–H and O–H groups in total. The molecule has 3 aromatic rings. The van der Waals surface area contributed by atoms with Gasteiger partial charge in [-0.05, 0) is 82.2 Å². The Hall–Kier alpha value is -5.23. The number of hydrogen-bond acceptors (Lipinski definition) is 12. The van der Waals surface area contributed by atoms with E-state index < -0.39 is 74.3 Å². The number of nitrogens with zero attached hydrogens (tertiary/aromatic N) is 4. The number of rotatable bonds is 8. The molecule has 1 saturated heterocycles. The Kier molecular flexibility index (Phi) is 10.7. The average molecular weight is 794 g/mol. The molecule has 0 radical (unpaired) electrons. The quantitative estimate of drug-likeness (QED) is 0.281. The molecule has 300 valence electrons. The van der Waals surface area contributed by atoms with Crippen molar-refractivity contribution in [1.29, 1.82) is 0 Å². The number of aromatic nitrogens is 3. The van der Waals surface area contributed by atoms with E-state index in [9.17, 15) is 27.6 Å². The number of ether oxygens (including phenoxy) is 4. The lowest BCUT2D eigenvalue weighted by molar-refractivity contribution is -0.141. The molecule has 7 rings (SSSR count). The van der Waals surface area contributed by atoms with E-state index in [1.165, 1.54) is 4.90 Å². The summed E-state index contributed by atoms with van der Waals surface area (Å²) in [6, 6.07) is 6.65. The first kappa shape index (κ1) is 39.0. The van der Waals surface area contributed by atoms with E-state index in [0.29, 0.717) is 36.2 Å². The van der Waals surface area contributed by atoms with Gasteiger partial charge in [0.05, 0.1) is 25.5 Å². The van der Waals surface area contributed by atoms with Crippen LogP contribution in [0.1, 0.15) is 59.3 Å². The smallest absolute Gasteiger partial charge is 0.408 e. The van der Waals surface area contributed by atoms with E-state index >= 15 is 0 Å². The molecular formula is C38H47N7O10S. The molecular weight excluding hydrogens is 747 g/mol. The van der Waals surface area contributed by atoms with Gasteiger partial charge >= 0.3 is 6.09 Å². The topological polar surface area (TPSA) is 209 Å². The first-order valence-corrected chi connectivity index (χ1v) is 20.3. The Balaban J connectivity index is 1.22. The van der Waals surface area contributed by atoms with Crippen LogP contribution >= 0.6 is 0 Å². The van der Waals surface area contributed by atoms with Crippen molar-refractivity contribution < 1.29 is 46.5 Å². The molecule has 2 aromatic heterocycles. The molecule has 5 atom stereocenters. The highest BCUT2D eigenvalue weighted by Crippen LogP contribution is 2.46. The second-order valence-corrected chi connectivity index (χ2v) is 17.5. The van der Waals surface area contributed by atoms with Crippen LogP contribution in [-0.4, -0.2) is 113 Å². The molecule has 0 spiro atoms. The lowest BCUT2D eigenvalue weighted by Gasteiger charge is -2.30. The lowest BCUT2D eigenvalue weighted by atomic mass is 10.1. The zero-order chi connectivity index (χ0) is 39.8. The van der Waals surface area contributed by atoms with Gasteiger partial charge in [0.2, 0.25) is 27.7 Å². The van der Waals surface area contributed by atoms with Crippen molar-refractivity contribution in [2.75, 3.05) is 26.9 Å². The molecule has 2 saturated carbocycles. The normalized spacial score (nSPS) is 26.5. The van der Waals surface area contributed by atoms with Crippen LogP contribution in [0.3, 0.4) is 0 Å². The van der Waals surface area contributed by atoms with Gasteiger partial charge in [0.1, 0.15) is 35.1 Å². The van der Waals surface area contributed by atoms with Gasteiger partial charge < -0.3 is 34.5 Å². The number of carbonyl (C=O) groups excluding carboxylic acids is 4. The summed E-state index contributed by atoms with van der Waals surface area (Å²) < 4.78 is 52.8. The van der Waals surface area contributed by atoms with Crippen molar-refractivity contribution in [2.24, 2.45) is 5.92 Å². The summed E-state index contributed by atoms with van der Waals surface area (Å²) in [5.41, 5.74) is -2.41. The average Bonchev–Trinajstić information content (AvgIpc) is 4.00. The summed E-state index contributed by atoms with van der Waals surface area (Å²) >= 11 is 0. The van der Waals surface area contributed by atoms with Crippen LogP contribution in [0.15, 0.2) is 54.9 Å². The maximum absolute atomic E-state index is 14.5. The number of fused-ring (bicyclic) bond motifs is 3. The van der Waals surface area contributed by atoms with E-state index in [1.54, 1.807) is 69.2 Å². The molecule has 2 aliphatic heterocycles. The van der Waals surface area contributed by atoms with Gasteiger partial charge in [-0.15, -0.1) is 0 Å². The Bertz CT molecular complexity index is 2130. The third-order valence-electron chi connectivity index (χ3n) is 10.2. The Morgan fingerprint density at radius 1 is 1.11 bits per heavy atom. The van der Waals surface area contributed by atoms with Crippen molar-refractivity contribution in [1.82, 2.24) is 35.0 Å². The molecule has 0 bridgehead atoms. The lowest BCUT2D eigenvalue weighted by Crippen LogP contribution is -2.58. The fraction of sp³-hybridized carbons (Fsp3) is 0.526. The Labute approximate surface area is 324 Å². The first-order chi connectivity index (χ1) is 26.7. The van der Waals surface area contributed by atoms with E-state index in [4.69, 9.17) is 23.9 Å². The van der Waals surface area contributed by atoms with Crippen LogP contribution in [0, 0.1) is 5.92 Å². The molecule has 4 aliphatic rings. The number of methoxy groups -OCH3 is 1. The van der Waals surface area contributed by atoms with Crippen molar-refractivity contribution in [3.63, 3.8) is 0 Å². The Morgan fingerprint density at radius 3 is 2.62 bits per heavy atom. The van der Waals surface area contributed by atoms with Gasteiger partial charge in [0.15, 0.2) is 5.82 Å². The number of benzene rings is 1. The minimum absolute atomic E-state index is 0.0167. The van der Waals surface area contributed by atoms with Crippen LogP contribution in [0.2, 0.25) is 0 Å². The third-order valence-corrected chi connectivity index (χ3v) is 12.0. The number of alkyl carbamates (subject to hydrolysis) is 1. The fourth-order valence-corrected chi connectivity index (χ4v) is 8.42. The monoisotopic (exact) mass is 793 g/mol. The predicted molar refractivity (Wildman–Crippen MR) is 201 cm³/mol. The van der Waals surface area contributed by atoms with Crippen LogP contribution in [0.25, 0.3) is 16.6 Å². The first-order valence-electron chi connectivity index (χ1n) is 18.7. The highest BCUT2D eigenvalue weighted by molar-refractivity contribution is 7.91. The van der Waals surface area contributed by atoms with Crippen molar-refractivity contribution in [3.05, 3.63) is 54.9 Å². The standard InChI is InChI=1S/C38H47N7O10S/c1-37(2,3)55-36(49)40-29-13-17-53-16-6-5-8-24-21-38(24,35(48)43-56(50,51)27-10-11-27)42-32(46)30-20-26(22-44(30)34(29)47)54-33-28-12-9-25(52-4)18-23(28)19-31(41-33)45-15-7-14-39-45/h5,7-9,12,14-15,18-19,24,26-27,29-30H,6,10-11,13,16-17,20-22H2,1-4H3,(H,40,49)(H,42,46)(H,43,48)/b8-5-/t24?,26?,29-,30-,38+/m0/s1. The van der Waals surface area contributed by atoms with Crippen LogP contribution in [-0.2, 0) is 33.9 Å². The van der Waals surface area contributed by atoms with E-state index in [0.717, 1.165) is 5.39 Å². The SMILES string of the molecule is COc1ccc2c(OC3C[C@H]4C(=O)N[C@]5(C(=O)NS(=O)(=O)C6CC6)CC5/C=C\CCOCC[C@H](NC(=O)OC(C)(C)C)C(=O)N4C3)nc(-n3cccn3)cc2c1. The van der Waals surface area contributed by atoms with Crippen molar-refractivity contribution >= 4 is 44.6 Å². The summed E-state index contributed by atoms with van der Waals surface area (Å²) in [4.78, 5) is 61.8. The Morgan fingerprint density at radius 2 is 1.91 bits per heavy atom. The third kappa shape index (κ3) is 8.60. The number of hydrogen-bond donors (Lipinski definition) is 3. The van der Waals surface area contributed by atoms with Gasteiger partial charge in [-0.25, -0.2) is 17.9 Å². The minimum Gasteiger partial charge on any atom is -0.497 e. The number of sulfonamides is 1. The van der Waals surface area contributed by atoms with Gasteiger partial charge in [0, 0.05) is 43.1 Å². The zero-order valence-electron chi connectivity index (χ0n) is 31.7. The van der Waals surface area contributed by atoms with Gasteiger partial charge in [-0.3, -0.25) is 19.1 Å². The minimum atomic E-state index is -3.93. The number of nitrogens with one attached hydrogen (secondary N) is 3. The molecule has 3 fully saturated rings. The summed E-state index contributed by atoms with van der Waals surface area (Å²) in [6.45, 7) is 5.41. The number of pyridine rings is 1. The second kappa shape index (κ2) is 15.4. The number of carbonyl (C=O) groups is 4. The van der Waals surface area contributed by atoms with Gasteiger partial charge in [0.25, 0.3) is 5.91 Å². The summed E-state index contributed by atoms with van der Waals surface area (Å²) in [5, 5.41) is 10.6. The van der Waals surface area contributed by atoms with Crippen molar-refractivity contribution in [3.8, 4) is 17.4 Å². The maximum atomic E-state index is 14.5. The maximum Gasteiger partial charge on any atom is 0.408 e. The highest BCUT2D eigenvalue weighted by atomic mass is 32.2. The molecule has 56 heavy (non-hydrogen) atoms.